The van der Waals surface area contributed by atoms with Gasteiger partial charge in [0.15, 0.2) is 5.82 Å². The fourth-order valence-electron chi connectivity index (χ4n) is 3.84. The third-order valence-electron chi connectivity index (χ3n) is 5.71. The van der Waals surface area contributed by atoms with E-state index in [0.29, 0.717) is 13.1 Å². The van der Waals surface area contributed by atoms with Crippen molar-refractivity contribution >= 4 is 11.5 Å². The molecule has 0 fully saturated rings. The van der Waals surface area contributed by atoms with Crippen molar-refractivity contribution in [3.63, 3.8) is 0 Å². The van der Waals surface area contributed by atoms with E-state index in [9.17, 15) is 0 Å². The van der Waals surface area contributed by atoms with Crippen molar-refractivity contribution < 1.29 is 0 Å². The molecular weight excluding hydrogens is 416 g/mol. The second-order valence-electron chi connectivity index (χ2n) is 8.11. The quantitative estimate of drug-likeness (QED) is 0.271. The molecule has 1 heterocycles. The maximum Gasteiger partial charge on any atom is 0.172 e. The van der Waals surface area contributed by atoms with E-state index in [4.69, 9.17) is 0 Å². The molecule has 0 spiro atoms. The summed E-state index contributed by atoms with van der Waals surface area (Å²) < 4.78 is 0. The molecule has 4 aromatic carbocycles. The van der Waals surface area contributed by atoms with Crippen LogP contribution < -0.4 is 10.6 Å². The summed E-state index contributed by atoms with van der Waals surface area (Å²) in [5.41, 5.74) is 7.58. The maximum absolute atomic E-state index is 4.54. The second kappa shape index (κ2) is 10.5. The zero-order chi connectivity index (χ0) is 23.0. The molecule has 0 aliphatic carbocycles. The molecule has 0 radical (unpaired) electrons. The lowest BCUT2D eigenvalue weighted by atomic mass is 10.0. The average molecular weight is 443 g/mol. The summed E-state index contributed by atoms with van der Waals surface area (Å²) in [6.07, 6.45) is 0. The van der Waals surface area contributed by atoms with Crippen LogP contribution in [-0.4, -0.2) is 10.2 Å². The molecule has 0 unspecified atom stereocenters. The fourth-order valence-corrected chi connectivity index (χ4v) is 3.84. The first kappa shape index (κ1) is 21.4. The van der Waals surface area contributed by atoms with Gasteiger partial charge in [0.1, 0.15) is 0 Å². The molecule has 0 atom stereocenters. The van der Waals surface area contributed by atoms with Crippen LogP contribution in [0, 0.1) is 0 Å². The van der Waals surface area contributed by atoms with Crippen LogP contribution in [0.3, 0.4) is 0 Å². The number of nitrogens with one attached hydrogen (secondary N) is 2. The number of hydrogen-bond acceptors (Lipinski definition) is 4. The highest BCUT2D eigenvalue weighted by Gasteiger charge is 2.10. The molecule has 0 aliphatic rings. The van der Waals surface area contributed by atoms with E-state index in [2.05, 4.69) is 112 Å². The van der Waals surface area contributed by atoms with Gasteiger partial charge >= 0.3 is 0 Å². The van der Waals surface area contributed by atoms with Crippen LogP contribution in [-0.2, 0) is 13.1 Å². The summed E-state index contributed by atoms with van der Waals surface area (Å²) in [5, 5.41) is 16.1. The van der Waals surface area contributed by atoms with E-state index in [1.54, 1.807) is 0 Å². The van der Waals surface area contributed by atoms with Gasteiger partial charge in [-0.15, -0.1) is 10.2 Å². The van der Waals surface area contributed by atoms with Crippen LogP contribution in [0.2, 0.25) is 0 Å². The van der Waals surface area contributed by atoms with Crippen molar-refractivity contribution in [1.29, 1.82) is 0 Å². The summed E-state index contributed by atoms with van der Waals surface area (Å²) in [7, 11) is 0. The van der Waals surface area contributed by atoms with Crippen LogP contribution in [0.1, 0.15) is 11.1 Å². The Kier molecular flexibility index (Phi) is 6.58. The number of benzene rings is 4. The van der Waals surface area contributed by atoms with E-state index in [1.165, 1.54) is 22.3 Å². The minimum absolute atomic E-state index is 0.681. The Bertz CT molecular complexity index is 1320. The smallest absolute Gasteiger partial charge is 0.172 e. The molecule has 1 aromatic heterocycles. The molecule has 0 saturated carbocycles. The second-order valence-corrected chi connectivity index (χ2v) is 8.11. The Morgan fingerprint density at radius 3 is 1.59 bits per heavy atom. The molecule has 0 bridgehead atoms. The number of aromatic nitrogens is 2. The van der Waals surface area contributed by atoms with E-state index < -0.39 is 0 Å². The first-order valence-electron chi connectivity index (χ1n) is 11.4. The van der Waals surface area contributed by atoms with Crippen LogP contribution in [0.15, 0.2) is 121 Å². The van der Waals surface area contributed by atoms with Gasteiger partial charge in [0.05, 0.1) is 11.4 Å². The highest BCUT2D eigenvalue weighted by molar-refractivity contribution is 5.73. The van der Waals surface area contributed by atoms with Crippen LogP contribution in [0.4, 0.5) is 11.5 Å². The molecule has 34 heavy (non-hydrogen) atoms. The lowest BCUT2D eigenvalue weighted by Crippen LogP contribution is -2.08. The molecule has 0 aliphatic heterocycles. The summed E-state index contributed by atoms with van der Waals surface area (Å²) in [6.45, 7) is 1.39. The zero-order valence-electron chi connectivity index (χ0n) is 18.9. The molecule has 5 rings (SSSR count). The number of anilines is 2. The Morgan fingerprint density at radius 2 is 0.971 bits per heavy atom. The predicted octanol–water partition coefficient (Wildman–Crippen LogP) is 7.03. The zero-order valence-corrected chi connectivity index (χ0v) is 18.9. The van der Waals surface area contributed by atoms with Crippen molar-refractivity contribution in [3.05, 3.63) is 132 Å². The largest absolute Gasteiger partial charge is 0.378 e. The summed E-state index contributed by atoms with van der Waals surface area (Å²) in [6, 6.07) is 41.6. The first-order valence-corrected chi connectivity index (χ1v) is 11.4. The third-order valence-corrected chi connectivity index (χ3v) is 5.71. The maximum atomic E-state index is 4.54. The number of nitrogens with zero attached hydrogens (tertiary/aromatic N) is 2. The van der Waals surface area contributed by atoms with Crippen LogP contribution in [0.25, 0.3) is 22.4 Å². The Morgan fingerprint density at radius 1 is 0.471 bits per heavy atom. The van der Waals surface area contributed by atoms with Gasteiger partial charge in [-0.1, -0.05) is 115 Å². The standard InChI is InChI=1S/C30H26N4/c1-4-10-23(11-5-1)21-31-29-20-28(33-34-30(29)32-22-24-12-6-2-7-13-24)27-18-16-26(17-19-27)25-14-8-3-9-15-25/h1-20H,21-22H2,(H,31,33)(H,32,34). The highest BCUT2D eigenvalue weighted by atomic mass is 15.2. The molecular formula is C30H26N4. The Labute approximate surface area is 200 Å². The monoisotopic (exact) mass is 442 g/mol. The highest BCUT2D eigenvalue weighted by Crippen LogP contribution is 2.28. The van der Waals surface area contributed by atoms with Gasteiger partial charge in [-0.2, -0.15) is 0 Å². The first-order chi connectivity index (χ1) is 16.8. The van der Waals surface area contributed by atoms with Crippen LogP contribution >= 0.6 is 0 Å². The third kappa shape index (κ3) is 5.30. The molecule has 4 nitrogen and oxygen atoms in total. The summed E-state index contributed by atoms with van der Waals surface area (Å²) in [5.74, 6) is 0.740. The van der Waals surface area contributed by atoms with Gasteiger partial charge in [-0.25, -0.2) is 0 Å². The van der Waals surface area contributed by atoms with Gasteiger partial charge in [-0.05, 0) is 28.3 Å². The van der Waals surface area contributed by atoms with E-state index in [1.807, 2.05) is 30.3 Å². The van der Waals surface area contributed by atoms with Crippen molar-refractivity contribution in [2.45, 2.75) is 13.1 Å². The molecule has 2 N–H and O–H groups in total. The normalized spacial score (nSPS) is 10.6. The molecule has 0 saturated heterocycles. The van der Waals surface area contributed by atoms with Crippen molar-refractivity contribution in [3.8, 4) is 22.4 Å². The molecule has 4 heteroatoms. The summed E-state index contributed by atoms with van der Waals surface area (Å²) >= 11 is 0. The topological polar surface area (TPSA) is 49.8 Å². The van der Waals surface area contributed by atoms with Crippen molar-refractivity contribution in [1.82, 2.24) is 10.2 Å². The lowest BCUT2D eigenvalue weighted by Gasteiger charge is -2.14. The Balaban J connectivity index is 1.40. The predicted molar refractivity (Wildman–Crippen MR) is 140 cm³/mol. The molecule has 0 amide bonds. The van der Waals surface area contributed by atoms with Gasteiger partial charge in [0.2, 0.25) is 0 Å². The molecule has 5 aromatic rings. The minimum atomic E-state index is 0.681. The number of rotatable bonds is 8. The van der Waals surface area contributed by atoms with E-state index in [-0.39, 0.29) is 0 Å². The average Bonchev–Trinajstić information content (AvgIpc) is 2.93. The van der Waals surface area contributed by atoms with E-state index in [0.717, 1.165) is 22.8 Å². The van der Waals surface area contributed by atoms with Crippen LogP contribution in [0.5, 0.6) is 0 Å². The van der Waals surface area contributed by atoms with Crippen molar-refractivity contribution in [2.24, 2.45) is 0 Å². The van der Waals surface area contributed by atoms with Gasteiger partial charge < -0.3 is 10.6 Å². The summed E-state index contributed by atoms with van der Waals surface area (Å²) in [4.78, 5) is 0. The van der Waals surface area contributed by atoms with Gasteiger partial charge in [0, 0.05) is 18.7 Å². The van der Waals surface area contributed by atoms with E-state index >= 15 is 0 Å². The number of hydrogen-bond donors (Lipinski definition) is 2. The van der Waals surface area contributed by atoms with Crippen molar-refractivity contribution in [2.75, 3.05) is 10.6 Å². The molecule has 166 valence electrons. The minimum Gasteiger partial charge on any atom is -0.378 e. The Hall–Kier alpha value is -4.44. The SMILES string of the molecule is c1ccc(CNc2cc(-c3ccc(-c4ccccc4)cc3)nnc2NCc2ccccc2)cc1. The van der Waals surface area contributed by atoms with Gasteiger partial charge in [-0.3, -0.25) is 0 Å². The lowest BCUT2D eigenvalue weighted by molar-refractivity contribution is 0.997. The van der Waals surface area contributed by atoms with Gasteiger partial charge in [0.25, 0.3) is 0 Å². The fraction of sp³-hybridized carbons (Fsp3) is 0.0667.